The van der Waals surface area contributed by atoms with Crippen molar-refractivity contribution in [3.8, 4) is 0 Å². The molecule has 2 N–H and O–H groups in total. The van der Waals surface area contributed by atoms with Crippen molar-refractivity contribution in [1.29, 1.82) is 0 Å². The summed E-state index contributed by atoms with van der Waals surface area (Å²) in [6.45, 7) is 1.58. The second-order valence-electron chi connectivity index (χ2n) is 4.12. The van der Waals surface area contributed by atoms with Gasteiger partial charge in [0.1, 0.15) is 5.82 Å². The minimum Gasteiger partial charge on any atom is -0.308 e. The summed E-state index contributed by atoms with van der Waals surface area (Å²) >= 11 is 23.0. The van der Waals surface area contributed by atoms with E-state index < -0.39 is 9.82 Å². The van der Waals surface area contributed by atoms with E-state index in [1.165, 1.54) is 0 Å². The van der Waals surface area contributed by atoms with Crippen LogP contribution in [0.1, 0.15) is 11.6 Å². The number of carbonyl (C=O) groups is 1. The maximum absolute atomic E-state index is 11.9. The van der Waals surface area contributed by atoms with E-state index in [4.69, 9.17) is 46.4 Å². The summed E-state index contributed by atoms with van der Waals surface area (Å²) in [4.78, 5) is 23.6. The van der Waals surface area contributed by atoms with Gasteiger partial charge in [0.25, 0.3) is 0 Å². The molecule has 0 unspecified atom stereocenters. The Kier molecular flexibility index (Phi) is 5.28. The molecule has 0 radical (unpaired) electrons. The van der Waals surface area contributed by atoms with Crippen LogP contribution in [-0.2, 0) is 3.79 Å². The highest BCUT2D eigenvalue weighted by Gasteiger charge is 2.28. The predicted octanol–water partition coefficient (Wildman–Crippen LogP) is 4.30. The molecule has 1 heterocycles. The highest BCUT2D eigenvalue weighted by Crippen LogP contribution is 2.35. The number of rotatable bonds is 2. The number of alkyl halides is 3. The van der Waals surface area contributed by atoms with Gasteiger partial charge in [-0.25, -0.2) is 9.78 Å². The van der Waals surface area contributed by atoms with Crippen LogP contribution < -0.4 is 10.6 Å². The molecule has 0 aliphatic carbocycles. The van der Waals surface area contributed by atoms with Gasteiger partial charge in [0.15, 0.2) is 5.82 Å². The quantitative estimate of drug-likeness (QED) is 0.761. The number of hydrogen-bond donors (Lipinski definition) is 2. The van der Waals surface area contributed by atoms with Crippen LogP contribution in [0.4, 0.5) is 16.4 Å². The highest BCUT2D eigenvalue weighted by molar-refractivity contribution is 6.66. The Balaban J connectivity index is 2.13. The van der Waals surface area contributed by atoms with Crippen LogP contribution in [0.5, 0.6) is 0 Å². The highest BCUT2D eigenvalue weighted by atomic mass is 35.6. The van der Waals surface area contributed by atoms with E-state index in [-0.39, 0.29) is 11.8 Å². The van der Waals surface area contributed by atoms with E-state index in [9.17, 15) is 4.79 Å². The normalized spacial score (nSPS) is 11.1. The molecule has 0 aliphatic rings. The zero-order chi connectivity index (χ0) is 16.3. The van der Waals surface area contributed by atoms with Crippen LogP contribution in [0.3, 0.4) is 0 Å². The largest absolute Gasteiger partial charge is 0.326 e. The van der Waals surface area contributed by atoms with Crippen LogP contribution in [0.25, 0.3) is 0 Å². The number of nitrogens with zero attached hydrogens (tertiary/aromatic N) is 3. The smallest absolute Gasteiger partial charge is 0.308 e. The Morgan fingerprint density at radius 3 is 2.50 bits per heavy atom. The average Bonchev–Trinajstić information content (AvgIpc) is 2.36. The van der Waals surface area contributed by atoms with Crippen molar-refractivity contribution in [2.45, 2.75) is 10.7 Å². The van der Waals surface area contributed by atoms with Crippen molar-refractivity contribution >= 4 is 64.1 Å². The van der Waals surface area contributed by atoms with Gasteiger partial charge in [-0.15, -0.1) is 0 Å². The zero-order valence-electron chi connectivity index (χ0n) is 11.1. The number of halogens is 4. The number of carbonyl (C=O) groups excluding carboxylic acids is 1. The van der Waals surface area contributed by atoms with Crippen LogP contribution in [0, 0.1) is 6.92 Å². The zero-order valence-corrected chi connectivity index (χ0v) is 14.1. The molecule has 0 aliphatic heterocycles. The Morgan fingerprint density at radius 2 is 1.86 bits per heavy atom. The summed E-state index contributed by atoms with van der Waals surface area (Å²) in [5.41, 5.74) is 0.511. The molecule has 22 heavy (non-hydrogen) atoms. The van der Waals surface area contributed by atoms with Crippen molar-refractivity contribution in [3.05, 3.63) is 40.9 Å². The first-order chi connectivity index (χ1) is 10.2. The molecule has 2 rings (SSSR count). The molecule has 0 fully saturated rings. The number of urea groups is 1. The van der Waals surface area contributed by atoms with Gasteiger partial charge in [-0.1, -0.05) is 52.5 Å². The lowest BCUT2D eigenvalue weighted by molar-refractivity contribution is 0.262. The van der Waals surface area contributed by atoms with E-state index >= 15 is 0 Å². The summed E-state index contributed by atoms with van der Waals surface area (Å²) < 4.78 is -1.81. The molecule has 116 valence electrons. The molecular weight excluding hydrogens is 372 g/mol. The Hall–Kier alpha value is -1.34. The summed E-state index contributed by atoms with van der Waals surface area (Å²) in [5.74, 6) is 0.186. The number of anilines is 2. The van der Waals surface area contributed by atoms with Crippen LogP contribution >= 0.6 is 46.4 Å². The first-order valence-corrected chi connectivity index (χ1v) is 7.38. The topological polar surface area (TPSA) is 79.8 Å². The van der Waals surface area contributed by atoms with E-state index in [0.717, 1.165) is 0 Å². The molecule has 1 aromatic carbocycles. The van der Waals surface area contributed by atoms with Crippen LogP contribution in [0.15, 0.2) is 24.3 Å². The Labute approximate surface area is 146 Å². The number of aryl methyl sites for hydroxylation is 1. The van der Waals surface area contributed by atoms with Gasteiger partial charge in [-0.2, -0.15) is 9.97 Å². The monoisotopic (exact) mass is 379 g/mol. The fourth-order valence-corrected chi connectivity index (χ4v) is 1.94. The lowest BCUT2D eigenvalue weighted by Gasteiger charge is -2.12. The molecule has 2 aromatic rings. The second kappa shape index (κ2) is 6.83. The van der Waals surface area contributed by atoms with Crippen molar-refractivity contribution in [3.63, 3.8) is 0 Å². The lowest BCUT2D eigenvalue weighted by atomic mass is 10.3. The van der Waals surface area contributed by atoms with Crippen molar-refractivity contribution in [1.82, 2.24) is 15.0 Å². The average molecular weight is 381 g/mol. The molecule has 6 nitrogen and oxygen atoms in total. The number of nitrogens with one attached hydrogen (secondary N) is 2. The first kappa shape index (κ1) is 17.0. The molecular formula is C12H9Cl4N5O. The minimum atomic E-state index is -1.81. The van der Waals surface area contributed by atoms with Crippen LogP contribution in [-0.4, -0.2) is 21.0 Å². The second-order valence-corrected chi connectivity index (χ2v) is 6.83. The Bertz CT molecular complexity index is 704. The maximum Gasteiger partial charge on any atom is 0.326 e. The van der Waals surface area contributed by atoms with Gasteiger partial charge < -0.3 is 5.32 Å². The fraction of sp³-hybridized carbons (Fsp3) is 0.167. The summed E-state index contributed by atoms with van der Waals surface area (Å²) in [7, 11) is 0. The predicted molar refractivity (Wildman–Crippen MR) is 87.9 cm³/mol. The van der Waals surface area contributed by atoms with Crippen molar-refractivity contribution in [2.24, 2.45) is 0 Å². The molecule has 2 amide bonds. The first-order valence-electron chi connectivity index (χ1n) is 5.87. The number of hydrogen-bond acceptors (Lipinski definition) is 4. The summed E-state index contributed by atoms with van der Waals surface area (Å²) in [5, 5.41) is 5.50. The van der Waals surface area contributed by atoms with Crippen molar-refractivity contribution in [2.75, 3.05) is 10.6 Å². The molecule has 10 heteroatoms. The van der Waals surface area contributed by atoms with Gasteiger partial charge in [0.2, 0.25) is 9.74 Å². The third kappa shape index (κ3) is 4.84. The third-order valence-corrected chi connectivity index (χ3v) is 3.05. The van der Waals surface area contributed by atoms with Gasteiger partial charge >= 0.3 is 6.03 Å². The molecule has 1 aromatic heterocycles. The lowest BCUT2D eigenvalue weighted by Crippen LogP contribution is -2.22. The number of aromatic nitrogens is 3. The minimum absolute atomic E-state index is 0.0339. The summed E-state index contributed by atoms with van der Waals surface area (Å²) in [6.07, 6.45) is 0. The summed E-state index contributed by atoms with van der Waals surface area (Å²) in [6, 6.07) is 6.09. The van der Waals surface area contributed by atoms with Crippen molar-refractivity contribution < 1.29 is 4.79 Å². The number of amides is 2. The molecule has 0 saturated carbocycles. The Morgan fingerprint density at radius 1 is 1.14 bits per heavy atom. The fourth-order valence-electron chi connectivity index (χ4n) is 1.49. The van der Waals surface area contributed by atoms with Gasteiger partial charge in [-0.3, -0.25) is 5.32 Å². The molecule has 0 spiro atoms. The SMILES string of the molecule is Cc1nc(NC(=O)Nc2cccc(Cl)c2)nc(C(Cl)(Cl)Cl)n1. The molecule has 0 bridgehead atoms. The molecule has 0 saturated heterocycles. The van der Waals surface area contributed by atoms with Crippen LogP contribution in [0.2, 0.25) is 5.02 Å². The van der Waals surface area contributed by atoms with Gasteiger partial charge in [0, 0.05) is 10.7 Å². The van der Waals surface area contributed by atoms with E-state index in [0.29, 0.717) is 16.5 Å². The maximum atomic E-state index is 11.9. The van der Waals surface area contributed by atoms with E-state index in [1.54, 1.807) is 31.2 Å². The van der Waals surface area contributed by atoms with Gasteiger partial charge in [-0.05, 0) is 25.1 Å². The third-order valence-electron chi connectivity index (χ3n) is 2.31. The molecule has 0 atom stereocenters. The standard InChI is InChI=1S/C12H9Cl4N5O/c1-6-17-9(12(14,15)16)20-10(18-6)21-11(22)19-8-4-2-3-7(13)5-8/h2-5H,1H3,(H2,17,18,19,20,21,22). The van der Waals surface area contributed by atoms with E-state index in [1.807, 2.05) is 0 Å². The van der Waals surface area contributed by atoms with E-state index in [2.05, 4.69) is 25.6 Å². The number of benzene rings is 1. The van der Waals surface area contributed by atoms with Gasteiger partial charge in [0.05, 0.1) is 0 Å².